The normalized spacial score (nSPS) is 14.1. The zero-order chi connectivity index (χ0) is 14.5. The maximum Gasteiger partial charge on any atom is 0.319 e. The van der Waals surface area contributed by atoms with E-state index in [0.717, 1.165) is 23.6 Å². The fraction of sp³-hybridized carbons (Fsp3) is 0.312. The minimum atomic E-state index is -1.51. The van der Waals surface area contributed by atoms with Crippen molar-refractivity contribution in [3.8, 4) is 0 Å². The van der Waals surface area contributed by atoms with E-state index in [9.17, 15) is 14.1 Å². The van der Waals surface area contributed by atoms with Crippen LogP contribution in [0, 0.1) is 0 Å². The topological polar surface area (TPSA) is 54.4 Å². The molecule has 0 heterocycles. The van der Waals surface area contributed by atoms with Crippen LogP contribution < -0.4 is 0 Å². The molecule has 0 aliphatic carbocycles. The summed E-state index contributed by atoms with van der Waals surface area (Å²) in [5, 5.41) is 10.5. The van der Waals surface area contributed by atoms with Gasteiger partial charge in [-0.2, -0.15) is 0 Å². The lowest BCUT2D eigenvalue weighted by Gasteiger charge is -2.12. The summed E-state index contributed by atoms with van der Waals surface area (Å²) in [6.07, 6.45) is 2.13. The molecule has 1 N–H and O–H groups in total. The second-order valence-electron chi connectivity index (χ2n) is 4.78. The van der Waals surface area contributed by atoms with E-state index in [2.05, 4.69) is 0 Å². The summed E-state index contributed by atoms with van der Waals surface area (Å²) in [6.45, 7) is 2.00. The molecular weight excluding hydrogens is 272 g/mol. The largest absolute Gasteiger partial charge is 0.480 e. The molecule has 4 heteroatoms. The molecule has 0 fully saturated rings. The van der Waals surface area contributed by atoms with Gasteiger partial charge in [-0.15, -0.1) is 0 Å². The van der Waals surface area contributed by atoms with E-state index in [0.29, 0.717) is 11.3 Å². The van der Waals surface area contributed by atoms with Gasteiger partial charge < -0.3 is 5.11 Å². The van der Waals surface area contributed by atoms with Gasteiger partial charge in [0.1, 0.15) is 5.25 Å². The number of hydrogen-bond acceptors (Lipinski definition) is 2. The smallest absolute Gasteiger partial charge is 0.319 e. The number of carboxylic acids is 1. The van der Waals surface area contributed by atoms with Crippen molar-refractivity contribution in [2.45, 2.75) is 36.3 Å². The molecule has 2 unspecified atom stereocenters. The first-order chi connectivity index (χ1) is 9.63. The maximum atomic E-state index is 12.5. The standard InChI is InChI=1S/C16H18O3S/c1-2-3-8-15(16(17)18)20(19)14-10-9-12-6-4-5-7-13(12)11-14/h4-7,9-11,15H,2-3,8H2,1H3,(H,17,18). The first-order valence-electron chi connectivity index (χ1n) is 6.75. The van der Waals surface area contributed by atoms with Crippen molar-refractivity contribution in [1.29, 1.82) is 0 Å². The van der Waals surface area contributed by atoms with Gasteiger partial charge in [-0.3, -0.25) is 9.00 Å². The van der Waals surface area contributed by atoms with E-state index < -0.39 is 22.0 Å². The number of unbranched alkanes of at least 4 members (excludes halogenated alkanes) is 1. The molecule has 20 heavy (non-hydrogen) atoms. The van der Waals surface area contributed by atoms with Gasteiger partial charge >= 0.3 is 5.97 Å². The van der Waals surface area contributed by atoms with Crippen molar-refractivity contribution >= 4 is 27.5 Å². The molecule has 3 nitrogen and oxygen atoms in total. The van der Waals surface area contributed by atoms with Crippen LogP contribution in [0.2, 0.25) is 0 Å². The van der Waals surface area contributed by atoms with Crippen LogP contribution in [0.5, 0.6) is 0 Å². The summed E-state index contributed by atoms with van der Waals surface area (Å²) in [4.78, 5) is 11.9. The third kappa shape index (κ3) is 3.25. The van der Waals surface area contributed by atoms with Crippen molar-refractivity contribution in [1.82, 2.24) is 0 Å². The number of hydrogen-bond donors (Lipinski definition) is 1. The third-order valence-electron chi connectivity index (χ3n) is 3.31. The average molecular weight is 290 g/mol. The number of carbonyl (C=O) groups is 1. The third-order valence-corrected chi connectivity index (χ3v) is 4.98. The molecule has 2 rings (SSSR count). The highest BCUT2D eigenvalue weighted by molar-refractivity contribution is 7.86. The molecule has 2 atom stereocenters. The lowest BCUT2D eigenvalue weighted by Crippen LogP contribution is -2.25. The molecule has 2 aromatic rings. The fourth-order valence-electron chi connectivity index (χ4n) is 2.17. The van der Waals surface area contributed by atoms with Crippen LogP contribution in [0.25, 0.3) is 10.8 Å². The van der Waals surface area contributed by atoms with Gasteiger partial charge in [-0.05, 0) is 29.3 Å². The van der Waals surface area contributed by atoms with Crippen molar-refractivity contribution in [3.05, 3.63) is 42.5 Å². The Morgan fingerprint density at radius 3 is 2.55 bits per heavy atom. The van der Waals surface area contributed by atoms with Gasteiger partial charge in [0, 0.05) is 4.90 Å². The number of rotatable bonds is 6. The van der Waals surface area contributed by atoms with Crippen molar-refractivity contribution in [2.24, 2.45) is 0 Å². The Balaban J connectivity index is 2.30. The average Bonchev–Trinajstić information content (AvgIpc) is 2.46. The first kappa shape index (κ1) is 14.7. The van der Waals surface area contributed by atoms with Crippen molar-refractivity contribution < 1.29 is 14.1 Å². The Morgan fingerprint density at radius 2 is 1.90 bits per heavy atom. The van der Waals surface area contributed by atoms with Crippen LogP contribution >= 0.6 is 0 Å². The molecule has 0 radical (unpaired) electrons. The van der Waals surface area contributed by atoms with Gasteiger partial charge in [-0.1, -0.05) is 50.1 Å². The van der Waals surface area contributed by atoms with Crippen LogP contribution in [0.4, 0.5) is 0 Å². The number of aliphatic carboxylic acids is 1. The summed E-state index contributed by atoms with van der Waals surface area (Å²) in [7, 11) is -1.51. The molecule has 0 aromatic heterocycles. The highest BCUT2D eigenvalue weighted by atomic mass is 32.2. The molecular formula is C16H18O3S. The van der Waals surface area contributed by atoms with E-state index in [-0.39, 0.29) is 0 Å². The Labute approximate surface area is 121 Å². The van der Waals surface area contributed by atoms with Gasteiger partial charge in [-0.25, -0.2) is 0 Å². The SMILES string of the molecule is CCCCC(C(=O)O)S(=O)c1ccc2ccccc2c1. The Kier molecular flexibility index (Phi) is 4.90. The van der Waals surface area contributed by atoms with Gasteiger partial charge in [0.25, 0.3) is 0 Å². The molecule has 0 saturated heterocycles. The van der Waals surface area contributed by atoms with Crippen LogP contribution in [-0.4, -0.2) is 20.5 Å². The summed E-state index contributed by atoms with van der Waals surface area (Å²) < 4.78 is 12.5. The molecule has 0 amide bonds. The van der Waals surface area contributed by atoms with E-state index >= 15 is 0 Å². The number of carboxylic acid groups (broad SMARTS) is 1. The second-order valence-corrected chi connectivity index (χ2v) is 6.41. The zero-order valence-corrected chi connectivity index (χ0v) is 12.2. The Hall–Kier alpha value is -1.68. The summed E-state index contributed by atoms with van der Waals surface area (Å²) >= 11 is 0. The Bertz CT molecular complexity index is 636. The molecule has 106 valence electrons. The fourth-order valence-corrected chi connectivity index (χ4v) is 3.51. The minimum Gasteiger partial charge on any atom is -0.480 e. The predicted molar refractivity (Wildman–Crippen MR) is 81.3 cm³/mol. The molecule has 0 saturated carbocycles. The van der Waals surface area contributed by atoms with Crippen LogP contribution in [-0.2, 0) is 15.6 Å². The lowest BCUT2D eigenvalue weighted by atomic mass is 10.1. The van der Waals surface area contributed by atoms with E-state index in [1.165, 1.54) is 0 Å². The molecule has 0 aliphatic rings. The second kappa shape index (κ2) is 6.66. The minimum absolute atomic E-state index is 0.450. The monoisotopic (exact) mass is 290 g/mol. The summed E-state index contributed by atoms with van der Waals surface area (Å²) in [5.74, 6) is -0.982. The first-order valence-corrected chi connectivity index (χ1v) is 7.97. The van der Waals surface area contributed by atoms with Crippen molar-refractivity contribution in [2.75, 3.05) is 0 Å². The number of fused-ring (bicyclic) bond motifs is 1. The quantitative estimate of drug-likeness (QED) is 0.884. The molecule has 0 spiro atoms. The van der Waals surface area contributed by atoms with E-state index in [4.69, 9.17) is 0 Å². The molecule has 2 aromatic carbocycles. The summed E-state index contributed by atoms with van der Waals surface area (Å²) in [6, 6.07) is 13.3. The van der Waals surface area contributed by atoms with E-state index in [1.807, 2.05) is 43.3 Å². The van der Waals surface area contributed by atoms with Gasteiger partial charge in [0.05, 0.1) is 10.8 Å². The van der Waals surface area contributed by atoms with E-state index in [1.54, 1.807) is 6.07 Å². The molecule has 0 bridgehead atoms. The molecule has 0 aliphatic heterocycles. The highest BCUT2D eigenvalue weighted by Crippen LogP contribution is 2.21. The van der Waals surface area contributed by atoms with Crippen LogP contribution in [0.3, 0.4) is 0 Å². The van der Waals surface area contributed by atoms with Crippen LogP contribution in [0.1, 0.15) is 26.2 Å². The van der Waals surface area contributed by atoms with Crippen LogP contribution in [0.15, 0.2) is 47.4 Å². The maximum absolute atomic E-state index is 12.5. The zero-order valence-electron chi connectivity index (χ0n) is 11.4. The predicted octanol–water partition coefficient (Wildman–Crippen LogP) is 3.59. The van der Waals surface area contributed by atoms with Gasteiger partial charge in [0.2, 0.25) is 0 Å². The van der Waals surface area contributed by atoms with Crippen molar-refractivity contribution in [3.63, 3.8) is 0 Å². The van der Waals surface area contributed by atoms with Gasteiger partial charge in [0.15, 0.2) is 0 Å². The lowest BCUT2D eigenvalue weighted by molar-refractivity contribution is -0.136. The summed E-state index contributed by atoms with van der Waals surface area (Å²) in [5.41, 5.74) is 0. The Morgan fingerprint density at radius 1 is 1.20 bits per heavy atom. The highest BCUT2D eigenvalue weighted by Gasteiger charge is 2.25. The number of benzene rings is 2.